The highest BCUT2D eigenvalue weighted by atomic mass is 16.3. The molecule has 0 fully saturated rings. The van der Waals surface area contributed by atoms with Crippen LogP contribution in [0.1, 0.15) is 213 Å². The number of rotatable bonds is 31. The molecule has 0 heterocycles. The Morgan fingerprint density at radius 3 is 0.889 bits per heavy atom. The normalized spacial score (nSPS) is 13.3. The van der Waals surface area contributed by atoms with Crippen molar-refractivity contribution in [1.82, 2.24) is 0 Å². The molecule has 0 aliphatic carbocycles. The fourth-order valence-electron chi connectivity index (χ4n) is 5.56. The van der Waals surface area contributed by atoms with Gasteiger partial charge >= 0.3 is 0 Å². The molecule has 1 N–H and O–H groups in total. The van der Waals surface area contributed by atoms with E-state index in [0.29, 0.717) is 0 Å². The lowest BCUT2D eigenvalue weighted by Gasteiger charge is -2.10. The standard InChI is InChI=1S/C35H72O/c1-4-6-7-25-29-32-35(36)33-30-27-24-22-20-18-16-14-12-10-8-9-11-13-15-17-19-21-23-26-28-31-34(3)5-2/h34-36H,4-33H2,1-3H3/t34-,35+/m1/s1. The van der Waals surface area contributed by atoms with Gasteiger partial charge in [-0.25, -0.2) is 0 Å². The Kier molecular flexibility index (Phi) is 31.1. The Hall–Kier alpha value is -0.0400. The largest absolute Gasteiger partial charge is 0.393 e. The van der Waals surface area contributed by atoms with Crippen LogP contribution in [0.3, 0.4) is 0 Å². The average Bonchev–Trinajstić information content (AvgIpc) is 2.88. The molecule has 0 aromatic heterocycles. The summed E-state index contributed by atoms with van der Waals surface area (Å²) < 4.78 is 0. The van der Waals surface area contributed by atoms with Gasteiger partial charge in [0.1, 0.15) is 0 Å². The third-order valence-corrected chi connectivity index (χ3v) is 8.57. The first-order valence-corrected chi connectivity index (χ1v) is 17.4. The fraction of sp³-hybridized carbons (Fsp3) is 1.00. The molecule has 0 rings (SSSR count). The number of aliphatic hydroxyl groups is 1. The predicted molar refractivity (Wildman–Crippen MR) is 165 cm³/mol. The van der Waals surface area contributed by atoms with Gasteiger partial charge in [-0.15, -0.1) is 0 Å². The molecule has 218 valence electrons. The summed E-state index contributed by atoms with van der Waals surface area (Å²) in [5.74, 6) is 0.941. The van der Waals surface area contributed by atoms with Crippen molar-refractivity contribution >= 4 is 0 Å². The topological polar surface area (TPSA) is 20.2 Å². The van der Waals surface area contributed by atoms with Gasteiger partial charge in [0.15, 0.2) is 0 Å². The van der Waals surface area contributed by atoms with Crippen LogP contribution in [0.5, 0.6) is 0 Å². The molecule has 0 spiro atoms. The predicted octanol–water partition coefficient (Wildman–Crippen LogP) is 12.7. The zero-order valence-corrected chi connectivity index (χ0v) is 25.8. The van der Waals surface area contributed by atoms with Gasteiger partial charge in [0.25, 0.3) is 0 Å². The molecule has 0 aromatic rings. The molecule has 0 radical (unpaired) electrons. The van der Waals surface area contributed by atoms with Gasteiger partial charge < -0.3 is 5.11 Å². The van der Waals surface area contributed by atoms with Crippen LogP contribution in [0.25, 0.3) is 0 Å². The van der Waals surface area contributed by atoms with Crippen LogP contribution < -0.4 is 0 Å². The van der Waals surface area contributed by atoms with Gasteiger partial charge in [0.2, 0.25) is 0 Å². The van der Waals surface area contributed by atoms with Crippen LogP contribution in [-0.2, 0) is 0 Å². The second-order valence-electron chi connectivity index (χ2n) is 12.4. The molecule has 0 saturated heterocycles. The van der Waals surface area contributed by atoms with Crippen LogP contribution >= 0.6 is 0 Å². The summed E-state index contributed by atoms with van der Waals surface area (Å²) in [6.07, 6.45) is 41.7. The molecular formula is C35H72O. The van der Waals surface area contributed by atoms with Crippen LogP contribution in [0.4, 0.5) is 0 Å². The molecule has 1 nitrogen and oxygen atoms in total. The minimum atomic E-state index is -0.0319. The highest BCUT2D eigenvalue weighted by molar-refractivity contribution is 4.58. The number of unbranched alkanes of at least 4 members (excludes halogenated alkanes) is 24. The first-order chi connectivity index (χ1) is 17.7. The quantitative estimate of drug-likeness (QED) is 0.0923. The van der Waals surface area contributed by atoms with Crippen molar-refractivity contribution in [3.63, 3.8) is 0 Å². The zero-order valence-electron chi connectivity index (χ0n) is 25.8. The summed E-state index contributed by atoms with van der Waals surface area (Å²) in [7, 11) is 0. The van der Waals surface area contributed by atoms with Crippen molar-refractivity contribution in [2.75, 3.05) is 0 Å². The first-order valence-electron chi connectivity index (χ1n) is 17.4. The molecule has 0 amide bonds. The lowest BCUT2D eigenvalue weighted by atomic mass is 9.99. The second-order valence-corrected chi connectivity index (χ2v) is 12.4. The molecule has 36 heavy (non-hydrogen) atoms. The number of aliphatic hydroxyl groups excluding tert-OH is 1. The monoisotopic (exact) mass is 509 g/mol. The van der Waals surface area contributed by atoms with Gasteiger partial charge in [-0.1, -0.05) is 201 Å². The van der Waals surface area contributed by atoms with Gasteiger partial charge in [-0.05, 0) is 18.8 Å². The van der Waals surface area contributed by atoms with E-state index >= 15 is 0 Å². The maximum absolute atomic E-state index is 10.1. The van der Waals surface area contributed by atoms with E-state index in [4.69, 9.17) is 0 Å². The molecule has 1 heteroatoms. The number of hydrogen-bond donors (Lipinski definition) is 1. The molecule has 0 aromatic carbocycles. The van der Waals surface area contributed by atoms with Crippen molar-refractivity contribution in [2.24, 2.45) is 5.92 Å². The van der Waals surface area contributed by atoms with Gasteiger partial charge in [-0.3, -0.25) is 0 Å². The molecule has 0 aliphatic heterocycles. The van der Waals surface area contributed by atoms with E-state index in [1.165, 1.54) is 180 Å². The lowest BCUT2D eigenvalue weighted by Crippen LogP contribution is -2.05. The SMILES string of the molecule is CCCCCCC[C@H](O)CCCCCCCCCCCCCCCCCCCCCCC[C@H](C)CC. The summed E-state index contributed by atoms with van der Waals surface area (Å²) >= 11 is 0. The van der Waals surface area contributed by atoms with Crippen molar-refractivity contribution in [3.05, 3.63) is 0 Å². The Balaban J connectivity index is 3.10. The third kappa shape index (κ3) is 30.2. The molecular weight excluding hydrogens is 436 g/mol. The van der Waals surface area contributed by atoms with E-state index in [-0.39, 0.29) is 6.10 Å². The molecule has 2 atom stereocenters. The lowest BCUT2D eigenvalue weighted by molar-refractivity contribution is 0.147. The van der Waals surface area contributed by atoms with Crippen LogP contribution in [0, 0.1) is 5.92 Å². The first kappa shape index (κ1) is 36.0. The van der Waals surface area contributed by atoms with E-state index < -0.39 is 0 Å². The Morgan fingerprint density at radius 2 is 0.611 bits per heavy atom. The summed E-state index contributed by atoms with van der Waals surface area (Å²) in [6, 6.07) is 0. The summed E-state index contributed by atoms with van der Waals surface area (Å²) in [6.45, 7) is 6.98. The van der Waals surface area contributed by atoms with Crippen molar-refractivity contribution in [2.45, 2.75) is 219 Å². The third-order valence-electron chi connectivity index (χ3n) is 8.57. The maximum atomic E-state index is 10.1. The maximum Gasteiger partial charge on any atom is 0.0540 e. The van der Waals surface area contributed by atoms with Crippen LogP contribution in [0.15, 0.2) is 0 Å². The zero-order chi connectivity index (χ0) is 26.4. The molecule has 0 bridgehead atoms. The minimum absolute atomic E-state index is 0.0319. The summed E-state index contributed by atoms with van der Waals surface area (Å²) in [5.41, 5.74) is 0. The van der Waals surface area contributed by atoms with Crippen LogP contribution in [0.2, 0.25) is 0 Å². The van der Waals surface area contributed by atoms with E-state index in [9.17, 15) is 5.11 Å². The minimum Gasteiger partial charge on any atom is -0.393 e. The second kappa shape index (κ2) is 31.2. The highest BCUT2D eigenvalue weighted by Gasteiger charge is 2.03. The van der Waals surface area contributed by atoms with Gasteiger partial charge in [0, 0.05) is 0 Å². The Bertz CT molecular complexity index is 379. The Labute approximate surface area is 230 Å². The van der Waals surface area contributed by atoms with E-state index in [1.807, 2.05) is 0 Å². The van der Waals surface area contributed by atoms with Gasteiger partial charge in [-0.2, -0.15) is 0 Å². The van der Waals surface area contributed by atoms with Crippen LogP contribution in [-0.4, -0.2) is 11.2 Å². The number of hydrogen-bond acceptors (Lipinski definition) is 1. The van der Waals surface area contributed by atoms with Crippen molar-refractivity contribution < 1.29 is 5.11 Å². The fourth-order valence-corrected chi connectivity index (χ4v) is 5.56. The smallest absolute Gasteiger partial charge is 0.0540 e. The molecule has 0 unspecified atom stereocenters. The summed E-state index contributed by atoms with van der Waals surface area (Å²) in [5, 5.41) is 10.1. The van der Waals surface area contributed by atoms with Gasteiger partial charge in [0.05, 0.1) is 6.10 Å². The van der Waals surface area contributed by atoms with Crippen molar-refractivity contribution in [1.29, 1.82) is 0 Å². The molecule has 0 saturated carbocycles. The summed E-state index contributed by atoms with van der Waals surface area (Å²) in [4.78, 5) is 0. The Morgan fingerprint density at radius 1 is 0.361 bits per heavy atom. The van der Waals surface area contributed by atoms with E-state index in [2.05, 4.69) is 20.8 Å². The van der Waals surface area contributed by atoms with Crippen molar-refractivity contribution in [3.8, 4) is 0 Å². The van der Waals surface area contributed by atoms with E-state index in [1.54, 1.807) is 0 Å². The van der Waals surface area contributed by atoms with E-state index in [0.717, 1.165) is 18.8 Å². The average molecular weight is 509 g/mol. The molecule has 0 aliphatic rings. The highest BCUT2D eigenvalue weighted by Crippen LogP contribution is 2.17.